The quantitative estimate of drug-likeness (QED) is 0.494. The first-order chi connectivity index (χ1) is 7.88. The van der Waals surface area contributed by atoms with E-state index >= 15 is 0 Å². The van der Waals surface area contributed by atoms with E-state index in [0.717, 1.165) is 16.7 Å². The fourth-order valence-electron chi connectivity index (χ4n) is 1.77. The smallest absolute Gasteiger partial charge is 0.114 e. The van der Waals surface area contributed by atoms with Crippen LogP contribution < -0.4 is 5.73 Å². The topological polar surface area (TPSA) is 49.8 Å². The van der Waals surface area contributed by atoms with Crippen molar-refractivity contribution in [2.24, 2.45) is 5.73 Å². The van der Waals surface area contributed by atoms with E-state index in [0.29, 0.717) is 5.57 Å². The van der Waals surface area contributed by atoms with E-state index in [4.69, 9.17) is 23.2 Å². The third kappa shape index (κ3) is 2.72. The molecule has 0 heterocycles. The summed E-state index contributed by atoms with van der Waals surface area (Å²) in [5.74, 6) is 0. The largest absolute Gasteiger partial charge is 0.389 e. The van der Waals surface area contributed by atoms with Gasteiger partial charge >= 0.3 is 0 Å². The Morgan fingerprint density at radius 3 is 2.06 bits per heavy atom. The van der Waals surface area contributed by atoms with Crippen LogP contribution in [0.3, 0.4) is 0 Å². The third-order valence-electron chi connectivity index (χ3n) is 3.10. The molecule has 0 aromatic heterocycles. The second-order valence-corrected chi connectivity index (χ2v) is 4.65. The van der Waals surface area contributed by atoms with Crippen molar-refractivity contribution < 1.29 is 0 Å². The number of benzene rings is 1. The molecule has 17 heavy (non-hydrogen) atoms. The SMILES string of the molecule is Cc1cc(C)c(C)c(/C=C(/C#N)C(N)=S)c1C. The number of rotatable bonds is 2. The number of hydrogen-bond acceptors (Lipinski definition) is 2. The summed E-state index contributed by atoms with van der Waals surface area (Å²) in [7, 11) is 0. The van der Waals surface area contributed by atoms with Crippen molar-refractivity contribution in [3.63, 3.8) is 0 Å². The van der Waals surface area contributed by atoms with Gasteiger partial charge in [-0.2, -0.15) is 5.26 Å². The van der Waals surface area contributed by atoms with E-state index in [1.165, 1.54) is 11.1 Å². The lowest BCUT2D eigenvalue weighted by molar-refractivity contribution is 1.23. The maximum absolute atomic E-state index is 8.99. The van der Waals surface area contributed by atoms with Crippen LogP contribution in [0.25, 0.3) is 6.08 Å². The van der Waals surface area contributed by atoms with E-state index < -0.39 is 0 Å². The normalized spacial score (nSPS) is 11.1. The summed E-state index contributed by atoms with van der Waals surface area (Å²) < 4.78 is 0. The molecule has 2 N–H and O–H groups in total. The van der Waals surface area contributed by atoms with Crippen molar-refractivity contribution in [3.8, 4) is 6.07 Å². The minimum absolute atomic E-state index is 0.144. The average molecular weight is 244 g/mol. The van der Waals surface area contributed by atoms with Gasteiger partial charge in [0.2, 0.25) is 0 Å². The molecule has 0 aliphatic carbocycles. The molecule has 1 aromatic carbocycles. The maximum Gasteiger partial charge on any atom is 0.114 e. The molecule has 3 heteroatoms. The van der Waals surface area contributed by atoms with E-state index in [1.54, 1.807) is 6.08 Å². The highest BCUT2D eigenvalue weighted by Crippen LogP contribution is 2.23. The number of thiocarbonyl (C=S) groups is 1. The van der Waals surface area contributed by atoms with Gasteiger partial charge in [-0.15, -0.1) is 0 Å². The molecule has 0 unspecified atom stereocenters. The highest BCUT2D eigenvalue weighted by molar-refractivity contribution is 7.80. The van der Waals surface area contributed by atoms with Crippen molar-refractivity contribution in [2.45, 2.75) is 27.7 Å². The number of hydrogen-bond donors (Lipinski definition) is 1. The third-order valence-corrected chi connectivity index (χ3v) is 3.32. The Balaban J connectivity index is 3.53. The van der Waals surface area contributed by atoms with Gasteiger partial charge in [0, 0.05) is 0 Å². The first-order valence-electron chi connectivity index (χ1n) is 5.37. The number of aryl methyl sites for hydroxylation is 2. The molecule has 0 aliphatic heterocycles. The molecule has 0 saturated carbocycles. The fraction of sp³-hybridized carbons (Fsp3) is 0.286. The summed E-state index contributed by atoms with van der Waals surface area (Å²) in [5, 5.41) is 8.99. The lowest BCUT2D eigenvalue weighted by atomic mass is 9.93. The van der Waals surface area contributed by atoms with Gasteiger partial charge in [0.05, 0.1) is 5.57 Å². The maximum atomic E-state index is 8.99. The van der Waals surface area contributed by atoms with Gasteiger partial charge in [-0.3, -0.25) is 0 Å². The molecule has 0 bridgehead atoms. The van der Waals surface area contributed by atoms with Gasteiger partial charge < -0.3 is 5.73 Å². The number of nitriles is 1. The van der Waals surface area contributed by atoms with Gasteiger partial charge in [0.25, 0.3) is 0 Å². The average Bonchev–Trinajstić information content (AvgIpc) is 2.26. The molecular formula is C14H16N2S. The zero-order valence-corrected chi connectivity index (χ0v) is 11.4. The first kappa shape index (κ1) is 13.4. The Kier molecular flexibility index (Phi) is 4.03. The molecule has 1 rings (SSSR count). The van der Waals surface area contributed by atoms with Gasteiger partial charge in [0.1, 0.15) is 11.1 Å². The summed E-state index contributed by atoms with van der Waals surface area (Å²) >= 11 is 4.85. The Hall–Kier alpha value is -1.66. The van der Waals surface area contributed by atoms with E-state index in [9.17, 15) is 0 Å². The van der Waals surface area contributed by atoms with Crippen LogP contribution in [0, 0.1) is 39.0 Å². The zero-order chi connectivity index (χ0) is 13.2. The van der Waals surface area contributed by atoms with Gasteiger partial charge in [0.15, 0.2) is 0 Å². The minimum atomic E-state index is 0.144. The minimum Gasteiger partial charge on any atom is -0.389 e. The summed E-state index contributed by atoms with van der Waals surface area (Å²) in [4.78, 5) is 0.144. The zero-order valence-electron chi connectivity index (χ0n) is 10.6. The van der Waals surface area contributed by atoms with Gasteiger partial charge in [-0.25, -0.2) is 0 Å². The van der Waals surface area contributed by atoms with Crippen LogP contribution >= 0.6 is 12.2 Å². The molecule has 0 spiro atoms. The molecule has 0 amide bonds. The molecular weight excluding hydrogens is 228 g/mol. The Bertz CT molecular complexity index is 522. The second kappa shape index (κ2) is 5.11. The lowest BCUT2D eigenvalue weighted by Gasteiger charge is -2.12. The molecule has 0 aliphatic rings. The van der Waals surface area contributed by atoms with Crippen LogP contribution in [0.15, 0.2) is 11.6 Å². The highest BCUT2D eigenvalue weighted by Gasteiger charge is 2.08. The van der Waals surface area contributed by atoms with Crippen molar-refractivity contribution >= 4 is 23.3 Å². The van der Waals surface area contributed by atoms with Crippen molar-refractivity contribution in [3.05, 3.63) is 39.5 Å². The van der Waals surface area contributed by atoms with Crippen LogP contribution in [-0.2, 0) is 0 Å². The summed E-state index contributed by atoms with van der Waals surface area (Å²) in [5.41, 5.74) is 11.7. The Morgan fingerprint density at radius 1 is 1.24 bits per heavy atom. The van der Waals surface area contributed by atoms with Crippen LogP contribution in [0.4, 0.5) is 0 Å². The van der Waals surface area contributed by atoms with Crippen molar-refractivity contribution in [1.82, 2.24) is 0 Å². The first-order valence-corrected chi connectivity index (χ1v) is 5.78. The summed E-state index contributed by atoms with van der Waals surface area (Å²) in [6.45, 7) is 8.21. The van der Waals surface area contributed by atoms with Crippen LogP contribution in [0.1, 0.15) is 27.8 Å². The monoisotopic (exact) mass is 244 g/mol. The Morgan fingerprint density at radius 2 is 1.71 bits per heavy atom. The predicted molar refractivity (Wildman–Crippen MR) is 75.8 cm³/mol. The standard InChI is InChI=1S/C14H16N2S/c1-8-5-9(2)11(4)13(10(8)3)6-12(7-15)14(16)17/h5-6H,1-4H3,(H2,16,17)/b12-6-. The van der Waals surface area contributed by atoms with Crippen LogP contribution in [-0.4, -0.2) is 4.99 Å². The second-order valence-electron chi connectivity index (χ2n) is 4.21. The predicted octanol–water partition coefficient (Wildman–Crippen LogP) is 3.11. The molecule has 88 valence electrons. The van der Waals surface area contributed by atoms with Crippen molar-refractivity contribution in [1.29, 1.82) is 5.26 Å². The van der Waals surface area contributed by atoms with Gasteiger partial charge in [-0.05, 0) is 61.6 Å². The molecule has 0 saturated heterocycles. The highest BCUT2D eigenvalue weighted by atomic mass is 32.1. The summed E-state index contributed by atoms with van der Waals surface area (Å²) in [6.07, 6.45) is 1.78. The van der Waals surface area contributed by atoms with Crippen LogP contribution in [0.2, 0.25) is 0 Å². The molecule has 0 atom stereocenters. The molecule has 2 nitrogen and oxygen atoms in total. The molecule has 0 radical (unpaired) electrons. The lowest BCUT2D eigenvalue weighted by Crippen LogP contribution is -2.10. The fourth-order valence-corrected chi connectivity index (χ4v) is 1.87. The van der Waals surface area contributed by atoms with E-state index in [2.05, 4.69) is 19.9 Å². The van der Waals surface area contributed by atoms with Crippen molar-refractivity contribution in [2.75, 3.05) is 0 Å². The summed E-state index contributed by atoms with van der Waals surface area (Å²) in [6, 6.07) is 4.19. The van der Waals surface area contributed by atoms with Gasteiger partial charge in [-0.1, -0.05) is 18.3 Å². The van der Waals surface area contributed by atoms with E-state index in [-0.39, 0.29) is 4.99 Å². The molecule has 0 fully saturated rings. The van der Waals surface area contributed by atoms with Crippen LogP contribution in [0.5, 0.6) is 0 Å². The number of nitrogens with zero attached hydrogens (tertiary/aromatic N) is 1. The Labute approximate surface area is 108 Å². The number of nitrogens with two attached hydrogens (primary N) is 1. The molecule has 1 aromatic rings. The van der Waals surface area contributed by atoms with E-state index in [1.807, 2.05) is 19.9 Å².